The van der Waals surface area contributed by atoms with Crippen LogP contribution in [0.3, 0.4) is 0 Å². The molecule has 0 aliphatic carbocycles. The number of aryl methyl sites for hydroxylation is 1. The van der Waals surface area contributed by atoms with Crippen LogP contribution in [0.25, 0.3) is 0 Å². The van der Waals surface area contributed by atoms with Crippen molar-refractivity contribution in [3.63, 3.8) is 0 Å². The van der Waals surface area contributed by atoms with Crippen molar-refractivity contribution in [3.05, 3.63) is 51.8 Å². The first-order valence-electron chi connectivity index (χ1n) is 5.72. The Kier molecular flexibility index (Phi) is 4.45. The predicted octanol–water partition coefficient (Wildman–Crippen LogP) is 3.26. The van der Waals surface area contributed by atoms with E-state index in [2.05, 4.69) is 5.10 Å². The second-order valence-electron chi connectivity index (χ2n) is 4.14. The molecule has 0 saturated carbocycles. The van der Waals surface area contributed by atoms with Gasteiger partial charge in [-0.2, -0.15) is 5.10 Å². The lowest BCUT2D eigenvalue weighted by Crippen LogP contribution is -2.02. The van der Waals surface area contributed by atoms with Crippen molar-refractivity contribution >= 4 is 29.2 Å². The molecule has 1 aromatic carbocycles. The van der Waals surface area contributed by atoms with E-state index in [0.29, 0.717) is 23.1 Å². The number of hydrogen-bond donors (Lipinski definition) is 1. The lowest BCUT2D eigenvalue weighted by Gasteiger charge is -2.04. The summed E-state index contributed by atoms with van der Waals surface area (Å²) in [6, 6.07) is 7.44. The summed E-state index contributed by atoms with van der Waals surface area (Å²) >= 11 is 12.1. The van der Waals surface area contributed by atoms with Crippen LogP contribution in [0.4, 0.5) is 0 Å². The molecule has 0 bridgehead atoms. The van der Waals surface area contributed by atoms with Gasteiger partial charge in [0.05, 0.1) is 12.7 Å². The molecule has 19 heavy (non-hydrogen) atoms. The quantitative estimate of drug-likeness (QED) is 0.922. The second-order valence-corrected chi connectivity index (χ2v) is 4.94. The molecule has 0 radical (unpaired) electrons. The number of nitrogens with zero attached hydrogens (tertiary/aromatic N) is 2. The lowest BCUT2D eigenvalue weighted by atomic mass is 10.2. The molecule has 2 rings (SSSR count). The van der Waals surface area contributed by atoms with E-state index in [0.717, 1.165) is 11.1 Å². The highest BCUT2D eigenvalue weighted by Gasteiger charge is 2.10. The van der Waals surface area contributed by atoms with E-state index in [9.17, 15) is 4.79 Å². The third kappa shape index (κ3) is 3.72. The maximum absolute atomic E-state index is 10.5. The molecule has 1 N–H and O–H groups in total. The largest absolute Gasteiger partial charge is 0.481 e. The first-order valence-corrected chi connectivity index (χ1v) is 6.48. The molecule has 0 aliphatic heterocycles. The Bertz CT molecular complexity index is 596. The molecule has 0 atom stereocenters. The maximum Gasteiger partial charge on any atom is 0.303 e. The molecule has 0 fully saturated rings. The zero-order valence-electron chi connectivity index (χ0n) is 10.0. The fourth-order valence-corrected chi connectivity index (χ4v) is 2.20. The minimum atomic E-state index is -0.848. The smallest absolute Gasteiger partial charge is 0.303 e. The SMILES string of the molecule is O=C(O)CCc1cnn(Cc2cccc(Cl)c2)c1Cl. The van der Waals surface area contributed by atoms with Crippen molar-refractivity contribution in [3.8, 4) is 0 Å². The van der Waals surface area contributed by atoms with Gasteiger partial charge in [-0.1, -0.05) is 35.3 Å². The summed E-state index contributed by atoms with van der Waals surface area (Å²) in [4.78, 5) is 10.5. The fourth-order valence-electron chi connectivity index (χ4n) is 1.74. The second kappa shape index (κ2) is 6.08. The number of carboxylic acids is 1. The highest BCUT2D eigenvalue weighted by molar-refractivity contribution is 6.30. The van der Waals surface area contributed by atoms with Crippen molar-refractivity contribution in [2.24, 2.45) is 0 Å². The van der Waals surface area contributed by atoms with Crippen LogP contribution in [-0.2, 0) is 17.8 Å². The van der Waals surface area contributed by atoms with Crippen LogP contribution in [0.15, 0.2) is 30.5 Å². The highest BCUT2D eigenvalue weighted by atomic mass is 35.5. The molecule has 2 aromatic rings. The molecule has 1 heterocycles. The summed E-state index contributed by atoms with van der Waals surface area (Å²) in [7, 11) is 0. The third-order valence-corrected chi connectivity index (χ3v) is 3.35. The summed E-state index contributed by atoms with van der Waals surface area (Å²) in [5.74, 6) is -0.848. The first kappa shape index (κ1) is 13.9. The van der Waals surface area contributed by atoms with Crippen LogP contribution in [0.2, 0.25) is 10.2 Å². The molecule has 0 unspecified atom stereocenters. The van der Waals surface area contributed by atoms with E-state index < -0.39 is 5.97 Å². The zero-order valence-corrected chi connectivity index (χ0v) is 11.5. The van der Waals surface area contributed by atoms with E-state index in [1.54, 1.807) is 16.9 Å². The molecule has 6 heteroatoms. The van der Waals surface area contributed by atoms with Gasteiger partial charge < -0.3 is 5.11 Å². The Morgan fingerprint density at radius 1 is 1.37 bits per heavy atom. The van der Waals surface area contributed by atoms with Gasteiger partial charge in [0, 0.05) is 17.0 Å². The van der Waals surface area contributed by atoms with E-state index in [-0.39, 0.29) is 6.42 Å². The minimum Gasteiger partial charge on any atom is -0.481 e. The molecule has 100 valence electrons. The van der Waals surface area contributed by atoms with Crippen molar-refractivity contribution in [2.45, 2.75) is 19.4 Å². The van der Waals surface area contributed by atoms with Crippen LogP contribution in [0, 0.1) is 0 Å². The van der Waals surface area contributed by atoms with Crippen molar-refractivity contribution in [1.82, 2.24) is 9.78 Å². The van der Waals surface area contributed by atoms with Gasteiger partial charge in [-0.25, -0.2) is 4.68 Å². The lowest BCUT2D eigenvalue weighted by molar-refractivity contribution is -0.136. The molecular weight excluding hydrogens is 287 g/mol. The summed E-state index contributed by atoms with van der Waals surface area (Å²) in [5.41, 5.74) is 1.73. The minimum absolute atomic E-state index is 0.0442. The van der Waals surface area contributed by atoms with Gasteiger partial charge in [-0.05, 0) is 24.1 Å². The monoisotopic (exact) mass is 298 g/mol. The van der Waals surface area contributed by atoms with Gasteiger partial charge >= 0.3 is 5.97 Å². The van der Waals surface area contributed by atoms with Gasteiger partial charge in [-0.3, -0.25) is 4.79 Å². The molecule has 1 aromatic heterocycles. The Balaban J connectivity index is 2.11. The average Bonchev–Trinajstić information content (AvgIpc) is 2.68. The van der Waals surface area contributed by atoms with E-state index in [4.69, 9.17) is 28.3 Å². The van der Waals surface area contributed by atoms with Crippen LogP contribution < -0.4 is 0 Å². The summed E-state index contributed by atoms with van der Waals surface area (Å²) in [6.07, 6.45) is 2.03. The fraction of sp³-hybridized carbons (Fsp3) is 0.231. The standard InChI is InChI=1S/C13H12Cl2N2O2/c14-11-3-1-2-9(6-11)8-17-13(15)10(7-16-17)4-5-12(18)19/h1-3,6-7H,4-5,8H2,(H,18,19). The number of halogens is 2. The van der Waals surface area contributed by atoms with Crippen LogP contribution >= 0.6 is 23.2 Å². The highest BCUT2D eigenvalue weighted by Crippen LogP contribution is 2.19. The number of aliphatic carboxylic acids is 1. The van der Waals surface area contributed by atoms with Gasteiger partial charge in [0.1, 0.15) is 5.15 Å². The van der Waals surface area contributed by atoms with Crippen molar-refractivity contribution in [2.75, 3.05) is 0 Å². The number of aromatic nitrogens is 2. The number of hydrogen-bond acceptors (Lipinski definition) is 2. The number of carboxylic acid groups (broad SMARTS) is 1. The zero-order chi connectivity index (χ0) is 13.8. The Morgan fingerprint density at radius 3 is 2.84 bits per heavy atom. The summed E-state index contributed by atoms with van der Waals surface area (Å²) < 4.78 is 1.63. The predicted molar refractivity (Wildman–Crippen MR) is 73.7 cm³/mol. The normalized spacial score (nSPS) is 10.6. The summed E-state index contributed by atoms with van der Waals surface area (Å²) in [6.45, 7) is 0.506. The number of carbonyl (C=O) groups is 1. The molecular formula is C13H12Cl2N2O2. The number of rotatable bonds is 5. The van der Waals surface area contributed by atoms with Crippen molar-refractivity contribution in [1.29, 1.82) is 0 Å². The van der Waals surface area contributed by atoms with Crippen LogP contribution in [0.5, 0.6) is 0 Å². The molecule has 0 saturated heterocycles. The van der Waals surface area contributed by atoms with Gasteiger partial charge in [0.25, 0.3) is 0 Å². The average molecular weight is 299 g/mol. The maximum atomic E-state index is 10.5. The van der Waals surface area contributed by atoms with Crippen molar-refractivity contribution < 1.29 is 9.90 Å². The Morgan fingerprint density at radius 2 is 2.16 bits per heavy atom. The summed E-state index contributed by atoms with van der Waals surface area (Å²) in [5, 5.41) is 14.0. The third-order valence-electron chi connectivity index (χ3n) is 2.67. The van der Waals surface area contributed by atoms with Crippen LogP contribution in [0.1, 0.15) is 17.5 Å². The van der Waals surface area contributed by atoms with Gasteiger partial charge in [0.15, 0.2) is 0 Å². The van der Waals surface area contributed by atoms with E-state index in [1.807, 2.05) is 18.2 Å². The Hall–Kier alpha value is -1.52. The molecule has 4 nitrogen and oxygen atoms in total. The molecule has 0 aliphatic rings. The van der Waals surface area contributed by atoms with Crippen LogP contribution in [-0.4, -0.2) is 20.9 Å². The molecule has 0 amide bonds. The number of benzene rings is 1. The van der Waals surface area contributed by atoms with Gasteiger partial charge in [0.2, 0.25) is 0 Å². The molecule has 0 spiro atoms. The van der Waals surface area contributed by atoms with E-state index in [1.165, 1.54) is 0 Å². The van der Waals surface area contributed by atoms with E-state index >= 15 is 0 Å². The Labute approximate surface area is 120 Å². The first-order chi connectivity index (χ1) is 9.06. The topological polar surface area (TPSA) is 55.1 Å². The van der Waals surface area contributed by atoms with Gasteiger partial charge in [-0.15, -0.1) is 0 Å².